The number of phenols is 1. The molecule has 0 fully saturated rings. The molecule has 0 aliphatic heterocycles. The Morgan fingerprint density at radius 3 is 2.69 bits per heavy atom. The van der Waals surface area contributed by atoms with Gasteiger partial charge in [0.15, 0.2) is 11.5 Å². The molecule has 1 rings (SSSR count). The van der Waals surface area contributed by atoms with Gasteiger partial charge in [-0.1, -0.05) is 25.4 Å². The zero-order valence-corrected chi connectivity index (χ0v) is 8.51. The molecular formula is C10H13ClO2. The lowest BCUT2D eigenvalue weighted by atomic mass is 10.2. The van der Waals surface area contributed by atoms with Crippen LogP contribution in [-0.2, 0) is 0 Å². The van der Waals surface area contributed by atoms with Crippen molar-refractivity contribution >= 4 is 11.6 Å². The fraction of sp³-hybridized carbons (Fsp3) is 0.400. The van der Waals surface area contributed by atoms with Gasteiger partial charge in [-0.05, 0) is 18.1 Å². The van der Waals surface area contributed by atoms with Gasteiger partial charge in [-0.2, -0.15) is 0 Å². The van der Waals surface area contributed by atoms with Crippen LogP contribution < -0.4 is 4.74 Å². The summed E-state index contributed by atoms with van der Waals surface area (Å²) >= 11 is 5.66. The molecule has 72 valence electrons. The van der Waals surface area contributed by atoms with E-state index in [1.54, 1.807) is 12.1 Å². The maximum atomic E-state index is 9.39. The van der Waals surface area contributed by atoms with Gasteiger partial charge in [0.2, 0.25) is 0 Å². The highest BCUT2D eigenvalue weighted by Gasteiger charge is 2.03. The second kappa shape index (κ2) is 4.38. The second-order valence-corrected chi connectivity index (χ2v) is 3.75. The summed E-state index contributed by atoms with van der Waals surface area (Å²) in [5, 5.41) is 9.90. The van der Waals surface area contributed by atoms with Gasteiger partial charge in [0.1, 0.15) is 0 Å². The summed E-state index contributed by atoms with van der Waals surface area (Å²) in [6.07, 6.45) is 0. The van der Waals surface area contributed by atoms with Crippen molar-refractivity contribution in [2.45, 2.75) is 13.8 Å². The van der Waals surface area contributed by atoms with Gasteiger partial charge in [0, 0.05) is 11.1 Å². The third kappa shape index (κ3) is 3.15. The van der Waals surface area contributed by atoms with Crippen LogP contribution in [0.2, 0.25) is 5.02 Å². The zero-order chi connectivity index (χ0) is 9.84. The van der Waals surface area contributed by atoms with Crippen LogP contribution in [0.1, 0.15) is 13.8 Å². The van der Waals surface area contributed by atoms with Crippen LogP contribution in [0, 0.1) is 5.92 Å². The maximum absolute atomic E-state index is 9.39. The highest BCUT2D eigenvalue weighted by atomic mass is 35.5. The van der Waals surface area contributed by atoms with Gasteiger partial charge in [0.25, 0.3) is 0 Å². The molecule has 0 aliphatic carbocycles. The summed E-state index contributed by atoms with van der Waals surface area (Å²) in [6, 6.07) is 4.83. The van der Waals surface area contributed by atoms with E-state index >= 15 is 0 Å². The fourth-order valence-corrected chi connectivity index (χ4v) is 1.04. The van der Waals surface area contributed by atoms with E-state index < -0.39 is 0 Å². The van der Waals surface area contributed by atoms with Crippen molar-refractivity contribution in [1.29, 1.82) is 0 Å². The fourth-order valence-electron chi connectivity index (χ4n) is 0.869. The average Bonchev–Trinajstić information content (AvgIpc) is 2.02. The third-order valence-electron chi connectivity index (χ3n) is 1.49. The summed E-state index contributed by atoms with van der Waals surface area (Å²) in [5.74, 6) is 1.02. The molecule has 3 heteroatoms. The van der Waals surface area contributed by atoms with Gasteiger partial charge < -0.3 is 9.84 Å². The average molecular weight is 201 g/mol. The topological polar surface area (TPSA) is 29.5 Å². The van der Waals surface area contributed by atoms with Gasteiger partial charge in [-0.15, -0.1) is 0 Å². The SMILES string of the molecule is CC(C)COc1ccc(Cl)cc1O. The molecule has 0 aliphatic rings. The van der Waals surface area contributed by atoms with E-state index in [9.17, 15) is 5.11 Å². The molecule has 0 atom stereocenters. The standard InChI is InChI=1S/C10H13ClO2/c1-7(2)6-13-10-4-3-8(11)5-9(10)12/h3-5,7,12H,6H2,1-2H3. The summed E-state index contributed by atoms with van der Waals surface area (Å²) in [4.78, 5) is 0. The third-order valence-corrected chi connectivity index (χ3v) is 1.73. The van der Waals surface area contributed by atoms with Gasteiger partial charge in [-0.25, -0.2) is 0 Å². The lowest BCUT2D eigenvalue weighted by molar-refractivity contribution is 0.259. The number of hydrogen-bond acceptors (Lipinski definition) is 2. The van der Waals surface area contributed by atoms with Crippen LogP contribution in [0.25, 0.3) is 0 Å². The molecule has 0 heterocycles. The minimum Gasteiger partial charge on any atom is -0.504 e. The van der Waals surface area contributed by atoms with E-state index in [1.165, 1.54) is 6.07 Å². The molecule has 0 saturated carbocycles. The van der Waals surface area contributed by atoms with E-state index in [-0.39, 0.29) is 5.75 Å². The highest BCUT2D eigenvalue weighted by molar-refractivity contribution is 6.30. The van der Waals surface area contributed by atoms with Crippen molar-refractivity contribution in [2.24, 2.45) is 5.92 Å². The molecule has 1 N–H and O–H groups in total. The number of hydrogen-bond donors (Lipinski definition) is 1. The number of ether oxygens (including phenoxy) is 1. The Morgan fingerprint density at radius 2 is 2.15 bits per heavy atom. The lowest BCUT2D eigenvalue weighted by Gasteiger charge is -2.09. The lowest BCUT2D eigenvalue weighted by Crippen LogP contribution is -2.04. The van der Waals surface area contributed by atoms with Crippen molar-refractivity contribution in [3.63, 3.8) is 0 Å². The number of halogens is 1. The van der Waals surface area contributed by atoms with Crippen molar-refractivity contribution in [3.8, 4) is 11.5 Å². The minimum atomic E-state index is 0.0909. The van der Waals surface area contributed by atoms with Gasteiger partial charge in [0.05, 0.1) is 6.61 Å². The Balaban J connectivity index is 2.67. The normalized spacial score (nSPS) is 10.5. The molecule has 0 spiro atoms. The van der Waals surface area contributed by atoms with Crippen LogP contribution in [0.3, 0.4) is 0 Å². The second-order valence-electron chi connectivity index (χ2n) is 3.32. The summed E-state index contributed by atoms with van der Waals surface area (Å²) < 4.78 is 5.34. The quantitative estimate of drug-likeness (QED) is 0.813. The maximum Gasteiger partial charge on any atom is 0.161 e. The van der Waals surface area contributed by atoms with Crippen LogP contribution in [-0.4, -0.2) is 11.7 Å². The molecule has 13 heavy (non-hydrogen) atoms. The molecule has 1 aromatic rings. The molecule has 0 amide bonds. The summed E-state index contributed by atoms with van der Waals surface area (Å²) in [6.45, 7) is 4.69. The Labute approximate surface area is 83.1 Å². The monoisotopic (exact) mass is 200 g/mol. The Bertz CT molecular complexity index is 284. The highest BCUT2D eigenvalue weighted by Crippen LogP contribution is 2.28. The van der Waals surface area contributed by atoms with Gasteiger partial charge >= 0.3 is 0 Å². The first-order chi connectivity index (χ1) is 6.09. The largest absolute Gasteiger partial charge is 0.504 e. The first kappa shape index (κ1) is 10.2. The Kier molecular flexibility index (Phi) is 3.43. The smallest absolute Gasteiger partial charge is 0.161 e. The van der Waals surface area contributed by atoms with Crippen molar-refractivity contribution < 1.29 is 9.84 Å². The number of rotatable bonds is 3. The zero-order valence-electron chi connectivity index (χ0n) is 7.75. The minimum absolute atomic E-state index is 0.0909. The number of phenolic OH excluding ortho intramolecular Hbond substituents is 1. The molecule has 1 aromatic carbocycles. The first-order valence-electron chi connectivity index (χ1n) is 4.21. The van der Waals surface area contributed by atoms with E-state index in [2.05, 4.69) is 0 Å². The molecule has 0 unspecified atom stereocenters. The van der Waals surface area contributed by atoms with E-state index in [0.717, 1.165) is 0 Å². The molecule has 0 saturated heterocycles. The van der Waals surface area contributed by atoms with Crippen LogP contribution in [0.15, 0.2) is 18.2 Å². The molecule has 0 bridgehead atoms. The Morgan fingerprint density at radius 1 is 1.46 bits per heavy atom. The van der Waals surface area contributed by atoms with Crippen LogP contribution in [0.4, 0.5) is 0 Å². The number of aromatic hydroxyl groups is 1. The summed E-state index contributed by atoms with van der Waals surface area (Å²) in [7, 11) is 0. The summed E-state index contributed by atoms with van der Waals surface area (Å²) in [5.41, 5.74) is 0. The van der Waals surface area contributed by atoms with E-state index in [0.29, 0.717) is 23.3 Å². The molecular weight excluding hydrogens is 188 g/mol. The predicted molar refractivity (Wildman–Crippen MR) is 53.4 cm³/mol. The molecule has 0 radical (unpaired) electrons. The van der Waals surface area contributed by atoms with Crippen molar-refractivity contribution in [2.75, 3.05) is 6.61 Å². The van der Waals surface area contributed by atoms with E-state index in [4.69, 9.17) is 16.3 Å². The van der Waals surface area contributed by atoms with Crippen LogP contribution >= 0.6 is 11.6 Å². The molecule has 2 nitrogen and oxygen atoms in total. The van der Waals surface area contributed by atoms with Gasteiger partial charge in [-0.3, -0.25) is 0 Å². The number of benzene rings is 1. The Hall–Kier alpha value is -0.890. The molecule has 0 aromatic heterocycles. The first-order valence-corrected chi connectivity index (χ1v) is 4.58. The van der Waals surface area contributed by atoms with Crippen molar-refractivity contribution in [3.05, 3.63) is 23.2 Å². The predicted octanol–water partition coefficient (Wildman–Crippen LogP) is 3.08. The van der Waals surface area contributed by atoms with E-state index in [1.807, 2.05) is 13.8 Å². The van der Waals surface area contributed by atoms with Crippen LogP contribution in [0.5, 0.6) is 11.5 Å². The van der Waals surface area contributed by atoms with Crippen molar-refractivity contribution in [1.82, 2.24) is 0 Å².